The molecule has 1 aliphatic heterocycles. The zero-order valence-electron chi connectivity index (χ0n) is 15.8. The molecule has 1 N–H and O–H groups in total. The molecule has 4 rings (SSSR count). The van der Waals surface area contributed by atoms with Gasteiger partial charge in [0.2, 0.25) is 5.91 Å². The van der Waals surface area contributed by atoms with Crippen molar-refractivity contribution in [3.63, 3.8) is 0 Å². The number of nitrogens with zero attached hydrogens (tertiary/aromatic N) is 1. The van der Waals surface area contributed by atoms with Crippen molar-refractivity contribution in [2.24, 2.45) is 0 Å². The van der Waals surface area contributed by atoms with Crippen LogP contribution in [0.1, 0.15) is 27.0 Å². The molecule has 28 heavy (non-hydrogen) atoms. The maximum absolute atomic E-state index is 13.2. The van der Waals surface area contributed by atoms with Gasteiger partial charge in [-0.25, -0.2) is 0 Å². The van der Waals surface area contributed by atoms with Crippen molar-refractivity contribution >= 4 is 17.5 Å². The van der Waals surface area contributed by atoms with Gasteiger partial charge in [0.05, 0.1) is 0 Å². The van der Waals surface area contributed by atoms with E-state index >= 15 is 0 Å². The predicted octanol–water partition coefficient (Wildman–Crippen LogP) is 3.88. The molecule has 3 aromatic rings. The fraction of sp³-hybridized carbons (Fsp3) is 0.167. The van der Waals surface area contributed by atoms with Crippen LogP contribution >= 0.6 is 0 Å². The monoisotopic (exact) mass is 370 g/mol. The maximum Gasteiger partial charge on any atom is 0.259 e. The lowest BCUT2D eigenvalue weighted by Gasteiger charge is -2.25. The van der Waals surface area contributed by atoms with Crippen molar-refractivity contribution in [2.45, 2.75) is 25.9 Å². The molecule has 0 saturated heterocycles. The first-order valence-corrected chi connectivity index (χ1v) is 9.43. The van der Waals surface area contributed by atoms with Gasteiger partial charge < -0.3 is 5.32 Å². The molecule has 2 amide bonds. The average Bonchev–Trinajstić information content (AvgIpc) is 3.12. The highest BCUT2D eigenvalue weighted by molar-refractivity contribution is 6.11. The normalized spacial score (nSPS) is 15.2. The van der Waals surface area contributed by atoms with Crippen LogP contribution in [0.5, 0.6) is 0 Å². The zero-order chi connectivity index (χ0) is 19.5. The van der Waals surface area contributed by atoms with E-state index in [-0.39, 0.29) is 11.8 Å². The summed E-state index contributed by atoms with van der Waals surface area (Å²) in [5, 5.41) is 3.01. The Hall–Kier alpha value is -3.40. The Morgan fingerprint density at radius 1 is 0.964 bits per heavy atom. The smallest absolute Gasteiger partial charge is 0.259 e. The number of benzene rings is 3. The van der Waals surface area contributed by atoms with E-state index in [1.807, 2.05) is 67.6 Å². The second kappa shape index (κ2) is 7.69. The van der Waals surface area contributed by atoms with Gasteiger partial charge in [-0.1, -0.05) is 66.2 Å². The average molecular weight is 370 g/mol. The van der Waals surface area contributed by atoms with Crippen molar-refractivity contribution in [3.8, 4) is 0 Å². The van der Waals surface area contributed by atoms with Gasteiger partial charge >= 0.3 is 0 Å². The molecule has 1 atom stereocenters. The Morgan fingerprint density at radius 3 is 2.50 bits per heavy atom. The quantitative estimate of drug-likeness (QED) is 0.758. The lowest BCUT2D eigenvalue weighted by atomic mass is 10.1. The summed E-state index contributed by atoms with van der Waals surface area (Å²) < 4.78 is 0. The second-order valence-corrected chi connectivity index (χ2v) is 7.10. The summed E-state index contributed by atoms with van der Waals surface area (Å²) in [6.45, 7) is 2.47. The van der Waals surface area contributed by atoms with Crippen LogP contribution in [0.3, 0.4) is 0 Å². The molecule has 4 heteroatoms. The van der Waals surface area contributed by atoms with E-state index in [9.17, 15) is 9.59 Å². The summed E-state index contributed by atoms with van der Waals surface area (Å²) in [6, 6.07) is 24.3. The molecular formula is C24H22N2O2. The van der Waals surface area contributed by atoms with Gasteiger partial charge in [-0.05, 0) is 36.2 Å². The van der Waals surface area contributed by atoms with Gasteiger partial charge in [0.15, 0.2) is 0 Å². The van der Waals surface area contributed by atoms with Crippen LogP contribution in [0.2, 0.25) is 0 Å². The van der Waals surface area contributed by atoms with Gasteiger partial charge in [-0.3, -0.25) is 14.5 Å². The number of anilines is 1. The number of carbonyl (C=O) groups excluding carboxylic acids is 2. The van der Waals surface area contributed by atoms with Crippen LogP contribution < -0.4 is 10.2 Å². The first-order valence-electron chi connectivity index (χ1n) is 9.43. The Balaban J connectivity index is 1.58. The highest BCUT2D eigenvalue weighted by Crippen LogP contribution is 2.33. The van der Waals surface area contributed by atoms with Crippen molar-refractivity contribution < 1.29 is 9.59 Å². The van der Waals surface area contributed by atoms with Crippen LogP contribution in [0, 0.1) is 6.92 Å². The van der Waals surface area contributed by atoms with Crippen LogP contribution in [0.15, 0.2) is 78.9 Å². The highest BCUT2D eigenvalue weighted by atomic mass is 16.2. The highest BCUT2D eigenvalue weighted by Gasteiger charge is 2.38. The summed E-state index contributed by atoms with van der Waals surface area (Å²) >= 11 is 0. The molecule has 1 aliphatic rings. The maximum atomic E-state index is 13.2. The molecule has 140 valence electrons. The molecule has 0 saturated carbocycles. The Labute approximate surface area is 164 Å². The first kappa shape index (κ1) is 18.0. The number of fused-ring (bicyclic) bond motifs is 1. The molecular weight excluding hydrogens is 348 g/mol. The Bertz CT molecular complexity index is 1010. The third kappa shape index (κ3) is 3.54. The van der Waals surface area contributed by atoms with E-state index in [1.54, 1.807) is 17.0 Å². The van der Waals surface area contributed by atoms with E-state index in [0.29, 0.717) is 18.5 Å². The van der Waals surface area contributed by atoms with Gasteiger partial charge in [0, 0.05) is 24.2 Å². The summed E-state index contributed by atoms with van der Waals surface area (Å²) in [7, 11) is 0. The first-order chi connectivity index (χ1) is 13.6. The summed E-state index contributed by atoms with van der Waals surface area (Å²) in [5.41, 5.74) is 4.61. The van der Waals surface area contributed by atoms with Gasteiger partial charge in [-0.15, -0.1) is 0 Å². The van der Waals surface area contributed by atoms with Crippen molar-refractivity contribution in [3.05, 3.63) is 101 Å². The number of nitrogens with one attached hydrogen (secondary N) is 1. The molecule has 0 spiro atoms. The SMILES string of the molecule is Cc1cccc(CNC(=O)[C@@H]2Cc3ccccc3N2C(=O)c2ccccc2)c1. The summed E-state index contributed by atoms with van der Waals surface area (Å²) in [6.07, 6.45) is 0.522. The molecule has 0 bridgehead atoms. The number of hydrogen-bond acceptors (Lipinski definition) is 2. The molecule has 0 unspecified atom stereocenters. The van der Waals surface area contributed by atoms with Crippen LogP contribution in [-0.2, 0) is 17.8 Å². The molecule has 0 aromatic heterocycles. The van der Waals surface area contributed by atoms with Crippen molar-refractivity contribution in [1.82, 2.24) is 5.32 Å². The fourth-order valence-corrected chi connectivity index (χ4v) is 3.70. The van der Waals surface area contributed by atoms with Crippen molar-refractivity contribution in [1.29, 1.82) is 0 Å². The molecule has 3 aromatic carbocycles. The minimum atomic E-state index is -0.546. The van der Waals surface area contributed by atoms with Gasteiger partial charge in [-0.2, -0.15) is 0 Å². The Kier molecular flexibility index (Phi) is 4.94. The Morgan fingerprint density at radius 2 is 1.71 bits per heavy atom. The zero-order valence-corrected chi connectivity index (χ0v) is 15.8. The molecule has 0 fully saturated rings. The van der Waals surface area contributed by atoms with Gasteiger partial charge in [0.1, 0.15) is 6.04 Å². The lowest BCUT2D eigenvalue weighted by Crippen LogP contribution is -2.48. The summed E-state index contributed by atoms with van der Waals surface area (Å²) in [5.74, 6) is -0.289. The standard InChI is InChI=1S/C24H22N2O2/c1-17-8-7-9-18(14-17)16-25-23(27)22-15-20-12-5-6-13-21(20)26(22)24(28)19-10-3-2-4-11-19/h2-14,22H,15-16H2,1H3,(H,25,27)/t22-/m0/s1. The summed E-state index contributed by atoms with van der Waals surface area (Å²) in [4.78, 5) is 27.8. The van der Waals surface area contributed by atoms with Gasteiger partial charge in [0.25, 0.3) is 5.91 Å². The molecule has 0 aliphatic carbocycles. The van der Waals surface area contributed by atoms with E-state index in [2.05, 4.69) is 11.4 Å². The third-order valence-corrected chi connectivity index (χ3v) is 5.07. The van der Waals surface area contributed by atoms with Crippen LogP contribution in [-0.4, -0.2) is 17.9 Å². The van der Waals surface area contributed by atoms with Crippen LogP contribution in [0.25, 0.3) is 0 Å². The van der Waals surface area contributed by atoms with E-state index in [4.69, 9.17) is 0 Å². The predicted molar refractivity (Wildman–Crippen MR) is 110 cm³/mol. The van der Waals surface area contributed by atoms with E-state index in [0.717, 1.165) is 22.4 Å². The fourth-order valence-electron chi connectivity index (χ4n) is 3.70. The number of rotatable bonds is 4. The number of aryl methyl sites for hydroxylation is 1. The lowest BCUT2D eigenvalue weighted by molar-refractivity contribution is -0.122. The third-order valence-electron chi connectivity index (χ3n) is 5.07. The number of hydrogen-bond donors (Lipinski definition) is 1. The van der Waals surface area contributed by atoms with Crippen LogP contribution in [0.4, 0.5) is 5.69 Å². The minimum Gasteiger partial charge on any atom is -0.350 e. The molecule has 4 nitrogen and oxygen atoms in total. The largest absolute Gasteiger partial charge is 0.350 e. The topological polar surface area (TPSA) is 49.4 Å². The molecule has 1 heterocycles. The van der Waals surface area contributed by atoms with E-state index in [1.165, 1.54) is 0 Å². The second-order valence-electron chi connectivity index (χ2n) is 7.10. The molecule has 0 radical (unpaired) electrons. The number of amides is 2. The minimum absolute atomic E-state index is 0.137. The van der Waals surface area contributed by atoms with Crippen molar-refractivity contribution in [2.75, 3.05) is 4.90 Å². The number of carbonyl (C=O) groups is 2. The number of para-hydroxylation sites is 1. The van der Waals surface area contributed by atoms with E-state index < -0.39 is 6.04 Å².